The number of carbonyl (C=O) groups is 1. The number of methoxy groups -OCH3 is 1. The monoisotopic (exact) mass is 382 g/mol. The number of rotatable bonds is 6. The molecule has 27 heavy (non-hydrogen) atoms. The number of ether oxygens (including phenoxy) is 2. The molecule has 0 radical (unpaired) electrons. The maximum Gasteiger partial charge on any atom is 0.264 e. The molecule has 0 atom stereocenters. The van der Waals surface area contributed by atoms with Gasteiger partial charge in [0.1, 0.15) is 11.5 Å². The van der Waals surface area contributed by atoms with Crippen LogP contribution in [0.5, 0.6) is 11.5 Å². The lowest BCUT2D eigenvalue weighted by molar-refractivity contribution is -0.115. The van der Waals surface area contributed by atoms with Crippen LogP contribution in [0.2, 0.25) is 0 Å². The Kier molecular flexibility index (Phi) is 6.19. The molecule has 1 amide bonds. The standard InChI is InChI=1S/C21H22N2O3S/c1-14(2)13-26-18-8-4-15(5-9-18)12-19-20(24)23-21(27-19)22-16-6-10-17(25-3)11-7-16/h4-12,14H,13H2,1-3H3,(H,22,23,24)/b19-12+. The smallest absolute Gasteiger partial charge is 0.264 e. The predicted octanol–water partition coefficient (Wildman–Crippen LogP) is 4.62. The van der Waals surface area contributed by atoms with Crippen LogP contribution in [0.25, 0.3) is 6.08 Å². The number of nitrogens with one attached hydrogen (secondary N) is 1. The van der Waals surface area contributed by atoms with Crippen molar-refractivity contribution in [1.82, 2.24) is 5.32 Å². The van der Waals surface area contributed by atoms with Crippen LogP contribution in [0.3, 0.4) is 0 Å². The highest BCUT2D eigenvalue weighted by Gasteiger charge is 2.23. The van der Waals surface area contributed by atoms with E-state index in [0.29, 0.717) is 22.6 Å². The van der Waals surface area contributed by atoms with Crippen LogP contribution in [0, 0.1) is 5.92 Å². The molecule has 1 fully saturated rings. The van der Waals surface area contributed by atoms with Crippen molar-refractivity contribution < 1.29 is 14.3 Å². The normalized spacial score (nSPS) is 16.8. The van der Waals surface area contributed by atoms with Gasteiger partial charge in [-0.3, -0.25) is 4.79 Å². The van der Waals surface area contributed by atoms with E-state index in [4.69, 9.17) is 9.47 Å². The summed E-state index contributed by atoms with van der Waals surface area (Å²) in [6.07, 6.45) is 1.85. The van der Waals surface area contributed by atoms with Crippen LogP contribution >= 0.6 is 11.8 Å². The number of amides is 1. The molecule has 3 rings (SSSR count). The summed E-state index contributed by atoms with van der Waals surface area (Å²) in [4.78, 5) is 17.3. The summed E-state index contributed by atoms with van der Waals surface area (Å²) >= 11 is 1.32. The van der Waals surface area contributed by atoms with Crippen LogP contribution < -0.4 is 14.8 Å². The molecule has 2 aromatic rings. The minimum absolute atomic E-state index is 0.146. The number of nitrogens with zero attached hydrogens (tertiary/aromatic N) is 1. The fraction of sp³-hybridized carbons (Fsp3) is 0.238. The van der Waals surface area contributed by atoms with E-state index in [1.54, 1.807) is 7.11 Å². The number of benzene rings is 2. The highest BCUT2D eigenvalue weighted by molar-refractivity contribution is 8.18. The van der Waals surface area contributed by atoms with Crippen molar-refractivity contribution in [3.8, 4) is 11.5 Å². The molecule has 1 heterocycles. The van der Waals surface area contributed by atoms with Crippen LogP contribution in [0.15, 0.2) is 58.4 Å². The van der Waals surface area contributed by atoms with Crippen molar-refractivity contribution in [2.24, 2.45) is 10.9 Å². The molecular formula is C21H22N2O3S. The van der Waals surface area contributed by atoms with Crippen molar-refractivity contribution in [1.29, 1.82) is 0 Å². The second kappa shape index (κ2) is 8.77. The Hall–Kier alpha value is -2.73. The van der Waals surface area contributed by atoms with Gasteiger partial charge in [0.05, 0.1) is 24.3 Å². The average molecular weight is 382 g/mol. The predicted molar refractivity (Wildman–Crippen MR) is 111 cm³/mol. The summed E-state index contributed by atoms with van der Waals surface area (Å²) < 4.78 is 10.8. The molecule has 1 N–H and O–H groups in total. The average Bonchev–Trinajstić information content (AvgIpc) is 3.00. The third-order valence-electron chi connectivity index (χ3n) is 3.72. The van der Waals surface area contributed by atoms with Crippen molar-refractivity contribution in [2.45, 2.75) is 13.8 Å². The molecule has 1 saturated heterocycles. The first-order valence-corrected chi connectivity index (χ1v) is 9.51. The first-order chi connectivity index (χ1) is 13.0. The third kappa shape index (κ3) is 5.37. The summed E-state index contributed by atoms with van der Waals surface area (Å²) in [5.41, 5.74) is 1.70. The molecule has 1 aliphatic rings. The van der Waals surface area contributed by atoms with E-state index in [-0.39, 0.29) is 5.91 Å². The SMILES string of the molecule is COc1ccc(N=C2NC(=O)/C(=C\c3ccc(OCC(C)C)cc3)S2)cc1. The molecular weight excluding hydrogens is 360 g/mol. The van der Waals surface area contributed by atoms with Crippen LogP contribution in [0.4, 0.5) is 5.69 Å². The lowest BCUT2D eigenvalue weighted by Gasteiger charge is -2.08. The van der Waals surface area contributed by atoms with Gasteiger partial charge in [0.2, 0.25) is 0 Å². The van der Waals surface area contributed by atoms with E-state index in [1.165, 1.54) is 11.8 Å². The zero-order valence-corrected chi connectivity index (χ0v) is 16.4. The number of amidine groups is 1. The van der Waals surface area contributed by atoms with Crippen molar-refractivity contribution in [3.05, 3.63) is 59.0 Å². The summed E-state index contributed by atoms with van der Waals surface area (Å²) in [7, 11) is 1.62. The second-order valence-corrected chi connectivity index (χ2v) is 7.48. The Balaban J connectivity index is 1.68. The quantitative estimate of drug-likeness (QED) is 0.741. The lowest BCUT2D eigenvalue weighted by atomic mass is 10.2. The van der Waals surface area contributed by atoms with Crippen LogP contribution in [-0.2, 0) is 4.79 Å². The second-order valence-electron chi connectivity index (χ2n) is 6.45. The van der Waals surface area contributed by atoms with E-state index in [1.807, 2.05) is 54.6 Å². The van der Waals surface area contributed by atoms with Gasteiger partial charge in [-0.1, -0.05) is 26.0 Å². The summed E-state index contributed by atoms with van der Waals surface area (Å²) in [6, 6.07) is 15.1. The molecule has 140 valence electrons. The van der Waals surface area contributed by atoms with Gasteiger partial charge in [0.15, 0.2) is 5.17 Å². The van der Waals surface area contributed by atoms with Gasteiger partial charge in [0.25, 0.3) is 5.91 Å². The summed E-state index contributed by atoms with van der Waals surface area (Å²) in [6.45, 7) is 4.91. The Morgan fingerprint density at radius 2 is 1.74 bits per heavy atom. The van der Waals surface area contributed by atoms with Gasteiger partial charge in [-0.2, -0.15) is 0 Å². The molecule has 5 nitrogen and oxygen atoms in total. The fourth-order valence-electron chi connectivity index (χ4n) is 2.33. The fourth-order valence-corrected chi connectivity index (χ4v) is 3.17. The van der Waals surface area contributed by atoms with Crippen molar-refractivity contribution >= 4 is 34.6 Å². The Morgan fingerprint density at radius 3 is 2.37 bits per heavy atom. The number of aliphatic imine (C=N–C) groups is 1. The lowest BCUT2D eigenvalue weighted by Crippen LogP contribution is -2.19. The van der Waals surface area contributed by atoms with Gasteiger partial charge in [-0.25, -0.2) is 4.99 Å². The maximum atomic E-state index is 12.2. The number of thioether (sulfide) groups is 1. The minimum atomic E-state index is -0.146. The van der Waals surface area contributed by atoms with Crippen molar-refractivity contribution in [2.75, 3.05) is 13.7 Å². The number of hydrogen-bond acceptors (Lipinski definition) is 5. The molecule has 0 bridgehead atoms. The van der Waals surface area contributed by atoms with E-state index >= 15 is 0 Å². The largest absolute Gasteiger partial charge is 0.497 e. The molecule has 0 aromatic heterocycles. The van der Waals surface area contributed by atoms with Crippen LogP contribution in [-0.4, -0.2) is 24.8 Å². The van der Waals surface area contributed by atoms with E-state index in [9.17, 15) is 4.79 Å². The van der Waals surface area contributed by atoms with E-state index in [0.717, 1.165) is 22.7 Å². The maximum absolute atomic E-state index is 12.2. The topological polar surface area (TPSA) is 59.9 Å². The molecule has 2 aromatic carbocycles. The van der Waals surface area contributed by atoms with Gasteiger partial charge >= 0.3 is 0 Å². The first kappa shape index (κ1) is 19.0. The zero-order valence-electron chi connectivity index (χ0n) is 15.6. The van der Waals surface area contributed by atoms with E-state index in [2.05, 4.69) is 24.2 Å². The molecule has 1 aliphatic heterocycles. The summed E-state index contributed by atoms with van der Waals surface area (Å²) in [5, 5.41) is 3.36. The molecule has 0 unspecified atom stereocenters. The van der Waals surface area contributed by atoms with Crippen LogP contribution in [0.1, 0.15) is 19.4 Å². The Labute approximate surface area is 163 Å². The van der Waals surface area contributed by atoms with Gasteiger partial charge in [-0.05, 0) is 65.7 Å². The van der Waals surface area contributed by atoms with Crippen molar-refractivity contribution in [3.63, 3.8) is 0 Å². The van der Waals surface area contributed by atoms with E-state index < -0.39 is 0 Å². The zero-order chi connectivity index (χ0) is 19.2. The number of hydrogen-bond donors (Lipinski definition) is 1. The third-order valence-corrected chi connectivity index (χ3v) is 4.63. The molecule has 0 aliphatic carbocycles. The van der Waals surface area contributed by atoms with Gasteiger partial charge in [-0.15, -0.1) is 0 Å². The minimum Gasteiger partial charge on any atom is -0.497 e. The van der Waals surface area contributed by atoms with Gasteiger partial charge in [0, 0.05) is 0 Å². The number of carbonyl (C=O) groups excluding carboxylic acids is 1. The highest BCUT2D eigenvalue weighted by Crippen LogP contribution is 2.29. The highest BCUT2D eigenvalue weighted by atomic mass is 32.2. The van der Waals surface area contributed by atoms with Gasteiger partial charge < -0.3 is 14.8 Å². The summed E-state index contributed by atoms with van der Waals surface area (Å²) in [5.74, 6) is 1.93. The first-order valence-electron chi connectivity index (χ1n) is 8.70. The molecule has 6 heteroatoms. The molecule has 0 saturated carbocycles. The molecule has 0 spiro atoms. The Bertz CT molecular complexity index is 856. The Morgan fingerprint density at radius 1 is 1.07 bits per heavy atom.